The van der Waals surface area contributed by atoms with Gasteiger partial charge in [-0.05, 0) is 30.5 Å². The molecule has 40 heavy (non-hydrogen) atoms. The fraction of sp³-hybridized carbons (Fsp3) is 0.353. The van der Waals surface area contributed by atoms with Crippen LogP contribution >= 0.6 is 11.3 Å². The number of nitrogens with zero attached hydrogens (tertiary/aromatic N) is 1. The van der Waals surface area contributed by atoms with Gasteiger partial charge in [-0.1, -0.05) is 85.7 Å². The van der Waals surface area contributed by atoms with Gasteiger partial charge in [0.05, 0.1) is 5.39 Å². The molecule has 0 aliphatic heterocycles. The van der Waals surface area contributed by atoms with Crippen molar-refractivity contribution < 1.29 is 34.7 Å². The van der Waals surface area contributed by atoms with E-state index in [1.165, 1.54) is 21.2 Å². The molecule has 0 bridgehead atoms. The summed E-state index contributed by atoms with van der Waals surface area (Å²) < 4.78 is 7.21. The van der Waals surface area contributed by atoms with Gasteiger partial charge in [0.1, 0.15) is 5.76 Å². The minimum atomic E-state index is -0.377. The summed E-state index contributed by atoms with van der Waals surface area (Å²) in [4.78, 5) is 17.5. The molecule has 0 spiro atoms. The van der Waals surface area contributed by atoms with Crippen LogP contribution in [0.4, 0.5) is 0 Å². The third-order valence-electron chi connectivity index (χ3n) is 7.19. The Morgan fingerprint density at radius 2 is 1.65 bits per heavy atom. The largest absolute Gasteiger partial charge is 0.512 e. The number of carbonyl (C=O) groups is 1. The van der Waals surface area contributed by atoms with Crippen LogP contribution in [0.5, 0.6) is 11.6 Å². The number of benzene rings is 2. The first-order valence-corrected chi connectivity index (χ1v) is 14.3. The quantitative estimate of drug-likeness (QED) is 0.111. The van der Waals surface area contributed by atoms with E-state index < -0.39 is 0 Å². The number of rotatable bonds is 8. The second-order valence-corrected chi connectivity index (χ2v) is 12.3. The van der Waals surface area contributed by atoms with Crippen LogP contribution in [-0.2, 0) is 24.9 Å². The number of hydrogen-bond donors (Lipinski definition) is 1. The molecule has 0 saturated carbocycles. The van der Waals surface area contributed by atoms with E-state index in [4.69, 9.17) is 4.74 Å². The fourth-order valence-electron chi connectivity index (χ4n) is 3.65. The maximum atomic E-state index is 11.8. The third kappa shape index (κ3) is 8.60. The Hall–Kier alpha value is -2.79. The van der Waals surface area contributed by atoms with Crippen LogP contribution in [0.2, 0.25) is 0 Å². The number of aryl methyl sites for hydroxylation is 2. The van der Waals surface area contributed by atoms with Gasteiger partial charge in [0.15, 0.2) is 5.78 Å². The van der Waals surface area contributed by atoms with Crippen molar-refractivity contribution in [2.45, 2.75) is 68.2 Å². The summed E-state index contributed by atoms with van der Waals surface area (Å²) in [6.45, 7) is 15.7. The van der Waals surface area contributed by atoms with Gasteiger partial charge in [-0.2, -0.15) is 17.2 Å². The number of pyridine rings is 1. The van der Waals surface area contributed by atoms with Crippen molar-refractivity contribution in [3.63, 3.8) is 0 Å². The van der Waals surface area contributed by atoms with Gasteiger partial charge in [-0.3, -0.25) is 4.79 Å². The summed E-state index contributed by atoms with van der Waals surface area (Å²) >= 11 is 1.75. The fourth-order valence-corrected chi connectivity index (χ4v) is 4.70. The molecular formula is C34H40IrNO3S-. The smallest absolute Gasteiger partial charge is 0.225 e. The second kappa shape index (κ2) is 14.2. The maximum Gasteiger partial charge on any atom is 0.225 e. The topological polar surface area (TPSA) is 59.4 Å². The number of aliphatic hydroxyl groups excluding tert-OH is 1. The zero-order chi connectivity index (χ0) is 28.8. The summed E-state index contributed by atoms with van der Waals surface area (Å²) in [5.74, 6) is 1.53. The number of ether oxygens (including phenoxy) is 1. The van der Waals surface area contributed by atoms with Gasteiger partial charge in [0.25, 0.3) is 0 Å². The molecule has 4 rings (SSSR count). The minimum absolute atomic E-state index is 0. The molecule has 4 nitrogen and oxygen atoms in total. The molecule has 0 saturated heterocycles. The number of aliphatic hydroxyl groups is 1. The third-order valence-corrected chi connectivity index (χ3v) is 8.34. The van der Waals surface area contributed by atoms with Crippen LogP contribution < -0.4 is 4.74 Å². The summed E-state index contributed by atoms with van der Waals surface area (Å²) in [5.41, 5.74) is 2.75. The molecule has 215 valence electrons. The normalized spacial score (nSPS) is 11.8. The molecule has 0 amide bonds. The maximum absolute atomic E-state index is 11.8. The monoisotopic (exact) mass is 735 g/mol. The van der Waals surface area contributed by atoms with Crippen LogP contribution in [0.1, 0.15) is 65.5 Å². The molecule has 1 N–H and O–H groups in total. The van der Waals surface area contributed by atoms with Crippen molar-refractivity contribution in [3.05, 3.63) is 89.8 Å². The SMILES string of the molecule is CCC(C)(C)C(=O)/C=C(\O)C(C)(C)CC.Cc1[c-]c(Oc2nccc3sc(-c4ccccc4)cc23)cc(C)c1.[Ir]. The predicted octanol–water partition coefficient (Wildman–Crippen LogP) is 10.0. The van der Waals surface area contributed by atoms with Crippen molar-refractivity contribution in [3.8, 4) is 22.1 Å². The van der Waals surface area contributed by atoms with E-state index in [0.717, 1.165) is 29.4 Å². The summed E-state index contributed by atoms with van der Waals surface area (Å²) in [5, 5.41) is 10.9. The number of ketones is 1. The molecule has 0 aliphatic carbocycles. The molecule has 0 atom stereocenters. The van der Waals surface area contributed by atoms with Crippen LogP contribution in [0.15, 0.2) is 72.6 Å². The van der Waals surface area contributed by atoms with Crippen LogP contribution in [0.25, 0.3) is 20.5 Å². The molecule has 0 aliphatic rings. The van der Waals surface area contributed by atoms with Gasteiger partial charge in [0, 0.05) is 58.5 Å². The molecule has 4 aromatic rings. The predicted molar refractivity (Wildman–Crippen MR) is 164 cm³/mol. The van der Waals surface area contributed by atoms with Gasteiger partial charge < -0.3 is 9.84 Å². The zero-order valence-electron chi connectivity index (χ0n) is 24.7. The Balaban J connectivity index is 0.000000307. The number of carbonyl (C=O) groups excluding carboxylic acids is 1. The van der Waals surface area contributed by atoms with E-state index >= 15 is 0 Å². The van der Waals surface area contributed by atoms with E-state index in [2.05, 4.69) is 54.4 Å². The second-order valence-electron chi connectivity index (χ2n) is 11.2. The van der Waals surface area contributed by atoms with Gasteiger partial charge in [0.2, 0.25) is 5.88 Å². The molecule has 2 aromatic carbocycles. The number of aromatic nitrogens is 1. The standard InChI is InChI=1S/C21H16NOS.C13H24O2.Ir/c1-14-10-15(2)12-17(11-14)23-21-18-13-20(16-6-4-3-5-7-16)24-19(18)8-9-22-21;1-7-12(3,4)10(14)9-11(15)13(5,6)8-2;/h3-11,13H,1-2H3;9,14H,7-8H2,1-6H3;/q-1;;/b;10-9-;. The Bertz CT molecular complexity index is 1430. The number of hydrogen-bond acceptors (Lipinski definition) is 5. The first kappa shape index (κ1) is 33.4. The van der Waals surface area contributed by atoms with E-state index in [9.17, 15) is 9.90 Å². The summed E-state index contributed by atoms with van der Waals surface area (Å²) in [6, 6.07) is 21.9. The Morgan fingerprint density at radius 1 is 1.00 bits per heavy atom. The van der Waals surface area contributed by atoms with Crippen molar-refractivity contribution >= 4 is 27.2 Å². The van der Waals surface area contributed by atoms with E-state index in [0.29, 0.717) is 11.6 Å². The van der Waals surface area contributed by atoms with Gasteiger partial charge in [-0.15, -0.1) is 23.5 Å². The van der Waals surface area contributed by atoms with Crippen molar-refractivity contribution in [2.24, 2.45) is 10.8 Å². The minimum Gasteiger partial charge on any atom is -0.512 e. The van der Waals surface area contributed by atoms with Gasteiger partial charge in [-0.25, -0.2) is 4.98 Å². The van der Waals surface area contributed by atoms with Crippen LogP contribution in [0.3, 0.4) is 0 Å². The van der Waals surface area contributed by atoms with Crippen molar-refractivity contribution in [1.29, 1.82) is 0 Å². The molecule has 6 heteroatoms. The average Bonchev–Trinajstić information content (AvgIpc) is 3.34. The number of allylic oxidation sites excluding steroid dienone is 2. The Labute approximate surface area is 256 Å². The molecule has 2 aromatic heterocycles. The van der Waals surface area contributed by atoms with Crippen LogP contribution in [-0.4, -0.2) is 15.9 Å². The van der Waals surface area contributed by atoms with Crippen molar-refractivity contribution in [1.82, 2.24) is 4.98 Å². The van der Waals surface area contributed by atoms with E-state index in [1.54, 1.807) is 17.5 Å². The van der Waals surface area contributed by atoms with E-state index in [-0.39, 0.29) is 42.5 Å². The molecular weight excluding hydrogens is 695 g/mol. The molecule has 2 heterocycles. The van der Waals surface area contributed by atoms with Crippen LogP contribution in [0, 0.1) is 30.7 Å². The van der Waals surface area contributed by atoms with Crippen molar-refractivity contribution in [2.75, 3.05) is 0 Å². The molecule has 0 fully saturated rings. The average molecular weight is 735 g/mol. The van der Waals surface area contributed by atoms with E-state index in [1.807, 2.05) is 66.7 Å². The van der Waals surface area contributed by atoms with Gasteiger partial charge >= 0.3 is 0 Å². The Kier molecular flexibility index (Phi) is 11.9. The summed E-state index contributed by atoms with van der Waals surface area (Å²) in [7, 11) is 0. The first-order valence-electron chi connectivity index (χ1n) is 13.4. The molecule has 1 radical (unpaired) electrons. The number of thiophene rings is 1. The molecule has 0 unspecified atom stereocenters. The summed E-state index contributed by atoms with van der Waals surface area (Å²) in [6.07, 6.45) is 4.79. The first-order chi connectivity index (χ1) is 18.4. The number of fused-ring (bicyclic) bond motifs is 1. The Morgan fingerprint density at radius 3 is 2.25 bits per heavy atom. The zero-order valence-corrected chi connectivity index (χ0v) is 27.9.